The first-order valence-electron chi connectivity index (χ1n) is 9.74. The van der Waals surface area contributed by atoms with E-state index in [1.807, 2.05) is 30.3 Å². The fourth-order valence-corrected chi connectivity index (χ4v) is 5.26. The number of nitrogens with zero attached hydrogens (tertiary/aromatic N) is 2. The van der Waals surface area contributed by atoms with Crippen LogP contribution in [0.15, 0.2) is 48.5 Å². The summed E-state index contributed by atoms with van der Waals surface area (Å²) < 4.78 is 27.2. The summed E-state index contributed by atoms with van der Waals surface area (Å²) in [4.78, 5) is 2.36. The smallest absolute Gasteiger partial charge is 0.214 e. The largest absolute Gasteiger partial charge is 0.368 e. The number of para-hydroxylation sites is 1. The van der Waals surface area contributed by atoms with Crippen molar-refractivity contribution in [3.63, 3.8) is 0 Å². The fraction of sp³-hybridized carbons (Fsp3) is 0.455. The van der Waals surface area contributed by atoms with E-state index in [1.54, 1.807) is 4.31 Å². The first-order valence-corrected chi connectivity index (χ1v) is 11.4. The fourth-order valence-electron chi connectivity index (χ4n) is 3.79. The van der Waals surface area contributed by atoms with Crippen molar-refractivity contribution in [1.29, 1.82) is 0 Å². The van der Waals surface area contributed by atoms with Gasteiger partial charge in [-0.25, -0.2) is 8.42 Å². The first kappa shape index (κ1) is 19.9. The lowest BCUT2D eigenvalue weighted by atomic mass is 9.97. The van der Waals surface area contributed by atoms with E-state index in [-0.39, 0.29) is 5.75 Å². The Bertz CT molecular complexity index is 855. The normalized spacial score (nSPS) is 16.1. The maximum atomic E-state index is 12.8. The summed E-state index contributed by atoms with van der Waals surface area (Å²) in [5, 5.41) is 0. The second-order valence-electron chi connectivity index (χ2n) is 7.61. The molecule has 0 radical (unpaired) electrons. The van der Waals surface area contributed by atoms with E-state index in [0.29, 0.717) is 25.4 Å². The van der Waals surface area contributed by atoms with Crippen molar-refractivity contribution >= 4 is 15.7 Å². The van der Waals surface area contributed by atoms with Gasteiger partial charge in [0.05, 0.1) is 5.75 Å². The van der Waals surface area contributed by atoms with E-state index in [1.165, 1.54) is 16.8 Å². The monoisotopic (exact) mass is 386 g/mol. The molecule has 1 heterocycles. The van der Waals surface area contributed by atoms with E-state index in [4.69, 9.17) is 0 Å². The third-order valence-corrected chi connectivity index (χ3v) is 7.20. The van der Waals surface area contributed by atoms with E-state index in [9.17, 15) is 8.42 Å². The molecular weight excluding hydrogens is 356 g/mol. The van der Waals surface area contributed by atoms with Crippen LogP contribution in [-0.2, 0) is 16.4 Å². The molecule has 1 aliphatic heterocycles. The zero-order chi connectivity index (χ0) is 19.4. The highest BCUT2D eigenvalue weighted by Crippen LogP contribution is 2.31. The van der Waals surface area contributed by atoms with Crippen molar-refractivity contribution in [2.24, 2.45) is 0 Å². The topological polar surface area (TPSA) is 40.6 Å². The molecule has 5 heteroatoms. The first-order chi connectivity index (χ1) is 12.9. The van der Waals surface area contributed by atoms with Gasteiger partial charge in [-0.15, -0.1) is 0 Å². The van der Waals surface area contributed by atoms with Crippen molar-refractivity contribution in [3.05, 3.63) is 65.2 Å². The van der Waals surface area contributed by atoms with Crippen LogP contribution in [0.2, 0.25) is 0 Å². The minimum Gasteiger partial charge on any atom is -0.368 e. The number of hydrogen-bond acceptors (Lipinski definition) is 3. The quantitative estimate of drug-likeness (QED) is 0.758. The average Bonchev–Trinajstić information content (AvgIpc) is 2.67. The van der Waals surface area contributed by atoms with Crippen LogP contribution >= 0.6 is 0 Å². The number of rotatable bonds is 6. The number of benzene rings is 2. The average molecular weight is 387 g/mol. The van der Waals surface area contributed by atoms with Crippen LogP contribution in [0.4, 0.5) is 5.69 Å². The van der Waals surface area contributed by atoms with Crippen LogP contribution in [0.3, 0.4) is 0 Å². The second kappa shape index (κ2) is 8.44. The van der Waals surface area contributed by atoms with Crippen LogP contribution in [0.1, 0.15) is 36.5 Å². The number of sulfonamides is 1. The molecule has 0 saturated carbocycles. The molecule has 2 aromatic rings. The summed E-state index contributed by atoms with van der Waals surface area (Å²) in [6, 6.07) is 16.3. The van der Waals surface area contributed by atoms with Gasteiger partial charge >= 0.3 is 0 Å². The predicted octanol–water partition coefficient (Wildman–Crippen LogP) is 3.81. The van der Waals surface area contributed by atoms with Gasteiger partial charge in [-0.3, -0.25) is 0 Å². The van der Waals surface area contributed by atoms with E-state index < -0.39 is 10.0 Å². The zero-order valence-corrected chi connectivity index (χ0v) is 17.4. The summed E-state index contributed by atoms with van der Waals surface area (Å²) >= 11 is 0. The van der Waals surface area contributed by atoms with Crippen molar-refractivity contribution in [3.8, 4) is 0 Å². The molecule has 27 heavy (non-hydrogen) atoms. The maximum Gasteiger partial charge on any atom is 0.214 e. The van der Waals surface area contributed by atoms with Crippen LogP contribution in [0, 0.1) is 6.92 Å². The summed E-state index contributed by atoms with van der Waals surface area (Å²) in [5.41, 5.74) is 4.96. The molecule has 0 atom stereocenters. The molecule has 1 fully saturated rings. The molecule has 1 aliphatic rings. The Morgan fingerprint density at radius 3 is 2.22 bits per heavy atom. The van der Waals surface area contributed by atoms with Gasteiger partial charge in [0.2, 0.25) is 10.0 Å². The van der Waals surface area contributed by atoms with Crippen LogP contribution in [0.25, 0.3) is 0 Å². The molecule has 4 nitrogen and oxygen atoms in total. The summed E-state index contributed by atoms with van der Waals surface area (Å²) in [5.74, 6) is 0.631. The lowest BCUT2D eigenvalue weighted by molar-refractivity contribution is 0.384. The van der Waals surface area contributed by atoms with E-state index in [2.05, 4.69) is 43.9 Å². The van der Waals surface area contributed by atoms with Crippen molar-refractivity contribution < 1.29 is 8.42 Å². The molecular formula is C22H30N2O2S. The molecule has 0 spiro atoms. The third kappa shape index (κ3) is 4.71. The Kier molecular flexibility index (Phi) is 6.22. The highest BCUT2D eigenvalue weighted by molar-refractivity contribution is 7.89. The van der Waals surface area contributed by atoms with E-state index >= 15 is 0 Å². The van der Waals surface area contributed by atoms with Crippen molar-refractivity contribution in [1.82, 2.24) is 4.31 Å². The Hall–Kier alpha value is -1.85. The Morgan fingerprint density at radius 2 is 1.59 bits per heavy atom. The zero-order valence-electron chi connectivity index (χ0n) is 16.6. The molecule has 0 amide bonds. The van der Waals surface area contributed by atoms with Gasteiger partial charge in [0.25, 0.3) is 0 Å². The molecule has 0 aromatic heterocycles. The number of piperazine rings is 1. The molecule has 1 saturated heterocycles. The van der Waals surface area contributed by atoms with Crippen molar-refractivity contribution in [2.75, 3.05) is 36.8 Å². The number of anilines is 1. The standard InChI is InChI=1S/C22H30N2O2S/c1-18(2)21-11-7-8-19(3)22(21)23-13-15-24(16-14-23)27(25,26)17-12-20-9-5-4-6-10-20/h4-11,18H,12-17H2,1-3H3. The van der Waals surface area contributed by atoms with Gasteiger partial charge in [0.1, 0.15) is 0 Å². The van der Waals surface area contributed by atoms with Gasteiger partial charge in [-0.2, -0.15) is 4.31 Å². The molecule has 0 aliphatic carbocycles. The van der Waals surface area contributed by atoms with Crippen LogP contribution in [0.5, 0.6) is 0 Å². The Labute approximate surface area is 163 Å². The minimum atomic E-state index is -3.22. The highest BCUT2D eigenvalue weighted by atomic mass is 32.2. The van der Waals surface area contributed by atoms with Gasteiger partial charge in [-0.05, 0) is 36.0 Å². The lowest BCUT2D eigenvalue weighted by Gasteiger charge is -2.37. The van der Waals surface area contributed by atoms with Crippen molar-refractivity contribution in [2.45, 2.75) is 33.1 Å². The molecule has 0 unspecified atom stereocenters. The van der Waals surface area contributed by atoms with Gasteiger partial charge in [0.15, 0.2) is 0 Å². The van der Waals surface area contributed by atoms with Crippen LogP contribution in [-0.4, -0.2) is 44.7 Å². The summed E-state index contributed by atoms with van der Waals surface area (Å²) in [6.07, 6.45) is 0.568. The van der Waals surface area contributed by atoms with Crippen LogP contribution < -0.4 is 4.90 Å². The Balaban J connectivity index is 1.65. The summed E-state index contributed by atoms with van der Waals surface area (Å²) in [6.45, 7) is 9.17. The minimum absolute atomic E-state index is 0.179. The molecule has 0 N–H and O–H groups in total. The number of aryl methyl sites for hydroxylation is 2. The van der Waals surface area contributed by atoms with E-state index in [0.717, 1.165) is 18.7 Å². The third-order valence-electron chi connectivity index (χ3n) is 5.33. The SMILES string of the molecule is Cc1cccc(C(C)C)c1N1CCN(S(=O)(=O)CCc2ccccc2)CC1. The summed E-state index contributed by atoms with van der Waals surface area (Å²) in [7, 11) is -3.22. The Morgan fingerprint density at radius 1 is 0.926 bits per heavy atom. The molecule has 0 bridgehead atoms. The number of hydrogen-bond donors (Lipinski definition) is 0. The van der Waals surface area contributed by atoms with Gasteiger partial charge in [0, 0.05) is 31.9 Å². The molecule has 2 aromatic carbocycles. The predicted molar refractivity (Wildman–Crippen MR) is 113 cm³/mol. The van der Waals surface area contributed by atoms with Gasteiger partial charge < -0.3 is 4.90 Å². The molecule has 3 rings (SSSR count). The maximum absolute atomic E-state index is 12.8. The second-order valence-corrected chi connectivity index (χ2v) is 9.69. The highest BCUT2D eigenvalue weighted by Gasteiger charge is 2.28. The lowest BCUT2D eigenvalue weighted by Crippen LogP contribution is -2.49. The molecule has 146 valence electrons. The van der Waals surface area contributed by atoms with Gasteiger partial charge in [-0.1, -0.05) is 62.4 Å².